The molecule has 214 valence electrons. The van der Waals surface area contributed by atoms with Crippen molar-refractivity contribution >= 4 is 0 Å². The average molecular weight is 505 g/mol. The van der Waals surface area contributed by atoms with Gasteiger partial charge in [0, 0.05) is 12.6 Å². The molecule has 2 aliphatic rings. The van der Waals surface area contributed by atoms with Crippen LogP contribution in [0.25, 0.3) is 0 Å². The van der Waals surface area contributed by atoms with E-state index in [2.05, 4.69) is 37.5 Å². The van der Waals surface area contributed by atoms with Crippen LogP contribution in [0.2, 0.25) is 0 Å². The lowest BCUT2D eigenvalue weighted by Gasteiger charge is -2.49. The van der Waals surface area contributed by atoms with E-state index >= 15 is 0 Å². The van der Waals surface area contributed by atoms with Crippen LogP contribution >= 0.6 is 0 Å². The number of hydrogen-bond donors (Lipinski definition) is 0. The summed E-state index contributed by atoms with van der Waals surface area (Å²) in [5.41, 5.74) is 0.683. The minimum Gasteiger partial charge on any atom is -0.303 e. The summed E-state index contributed by atoms with van der Waals surface area (Å²) in [6.45, 7) is 16.3. The molecule has 0 radical (unpaired) electrons. The lowest BCUT2D eigenvalue weighted by molar-refractivity contribution is 0.0119. The van der Waals surface area contributed by atoms with E-state index < -0.39 is 0 Å². The molecule has 0 aromatic carbocycles. The Morgan fingerprint density at radius 2 is 0.944 bits per heavy atom. The van der Waals surface area contributed by atoms with Gasteiger partial charge in [0.2, 0.25) is 0 Å². The molecule has 2 heteroatoms. The van der Waals surface area contributed by atoms with Gasteiger partial charge in [0.15, 0.2) is 0 Å². The third-order valence-corrected chi connectivity index (χ3v) is 10.0. The van der Waals surface area contributed by atoms with E-state index in [4.69, 9.17) is 0 Å². The lowest BCUT2D eigenvalue weighted by atomic mass is 9.70. The number of hydrogen-bond acceptors (Lipinski definition) is 2. The fourth-order valence-corrected chi connectivity index (χ4v) is 7.23. The zero-order chi connectivity index (χ0) is 25.9. The Bertz CT molecular complexity index is 463. The van der Waals surface area contributed by atoms with Gasteiger partial charge < -0.3 is 9.80 Å². The molecule has 2 nitrogen and oxygen atoms in total. The van der Waals surface area contributed by atoms with Crippen LogP contribution in [0.3, 0.4) is 0 Å². The molecule has 0 aliphatic carbocycles. The Morgan fingerprint density at radius 3 is 1.42 bits per heavy atom. The lowest BCUT2D eigenvalue weighted by Crippen LogP contribution is -2.49. The van der Waals surface area contributed by atoms with Crippen LogP contribution in [-0.4, -0.2) is 48.6 Å². The van der Waals surface area contributed by atoms with Gasteiger partial charge in [-0.15, -0.1) is 0 Å². The van der Waals surface area contributed by atoms with Crippen molar-refractivity contribution in [2.75, 3.05) is 32.7 Å². The van der Waals surface area contributed by atoms with Crippen LogP contribution in [0.1, 0.15) is 169 Å². The van der Waals surface area contributed by atoms with Crippen LogP contribution in [0.4, 0.5) is 0 Å². The fraction of sp³-hybridized carbons (Fsp3) is 1.00. The standard InChI is InChI=1S/C34H68N2/c1-5-9-13-15-17-21-33(22-18-16-14-10-6-2)36-29-25-34(26-30-36)23-27-35(28-24-34)31-32(19-11-7-3)20-12-8-4/h32-33H,5-31H2,1-4H3. The second-order valence-corrected chi connectivity index (χ2v) is 13.0. The Hall–Kier alpha value is -0.0800. The van der Waals surface area contributed by atoms with Gasteiger partial charge in [-0.05, 0) is 88.9 Å². The zero-order valence-corrected chi connectivity index (χ0v) is 25.6. The molecule has 1 spiro atoms. The highest BCUT2D eigenvalue weighted by Crippen LogP contribution is 2.42. The van der Waals surface area contributed by atoms with Gasteiger partial charge >= 0.3 is 0 Å². The Morgan fingerprint density at radius 1 is 0.500 bits per heavy atom. The predicted octanol–water partition coefficient (Wildman–Crippen LogP) is 10.3. The molecule has 0 atom stereocenters. The summed E-state index contributed by atoms with van der Waals surface area (Å²) in [5, 5.41) is 0. The second kappa shape index (κ2) is 19.9. The number of piperidine rings is 2. The van der Waals surface area contributed by atoms with E-state index in [1.165, 1.54) is 174 Å². The molecular weight excluding hydrogens is 436 g/mol. The maximum Gasteiger partial charge on any atom is 0.00952 e. The van der Waals surface area contributed by atoms with E-state index in [1.54, 1.807) is 0 Å². The molecule has 0 aromatic rings. The molecule has 2 saturated heterocycles. The van der Waals surface area contributed by atoms with Crippen molar-refractivity contribution in [2.24, 2.45) is 11.3 Å². The Kier molecular flexibility index (Phi) is 17.8. The number of likely N-dealkylation sites (tertiary alicyclic amines) is 2. The molecule has 0 aromatic heterocycles. The minimum atomic E-state index is 0.683. The fourth-order valence-electron chi connectivity index (χ4n) is 7.23. The van der Waals surface area contributed by atoms with Crippen LogP contribution in [-0.2, 0) is 0 Å². The molecule has 2 rings (SSSR count). The van der Waals surface area contributed by atoms with Gasteiger partial charge in [-0.2, -0.15) is 0 Å². The molecule has 0 amide bonds. The molecular formula is C34H68N2. The highest BCUT2D eigenvalue weighted by molar-refractivity contribution is 4.92. The predicted molar refractivity (Wildman–Crippen MR) is 162 cm³/mol. The largest absolute Gasteiger partial charge is 0.303 e. The summed E-state index contributed by atoms with van der Waals surface area (Å²) < 4.78 is 0. The molecule has 36 heavy (non-hydrogen) atoms. The molecule has 0 bridgehead atoms. The van der Waals surface area contributed by atoms with E-state index in [0.717, 1.165) is 12.0 Å². The normalized spacial score (nSPS) is 19.2. The van der Waals surface area contributed by atoms with Crippen molar-refractivity contribution in [3.8, 4) is 0 Å². The van der Waals surface area contributed by atoms with Gasteiger partial charge in [0.05, 0.1) is 0 Å². The number of nitrogens with zero attached hydrogens (tertiary/aromatic N) is 2. The van der Waals surface area contributed by atoms with Gasteiger partial charge in [-0.25, -0.2) is 0 Å². The topological polar surface area (TPSA) is 6.48 Å². The first-order chi connectivity index (χ1) is 17.7. The first-order valence-corrected chi connectivity index (χ1v) is 17.1. The van der Waals surface area contributed by atoms with Crippen molar-refractivity contribution in [3.05, 3.63) is 0 Å². The number of rotatable bonds is 21. The third-order valence-electron chi connectivity index (χ3n) is 10.0. The van der Waals surface area contributed by atoms with Gasteiger partial charge in [-0.1, -0.05) is 118 Å². The summed E-state index contributed by atoms with van der Waals surface area (Å²) in [4.78, 5) is 5.83. The molecule has 2 heterocycles. The summed E-state index contributed by atoms with van der Waals surface area (Å²) in [7, 11) is 0. The van der Waals surface area contributed by atoms with Crippen molar-refractivity contribution in [1.82, 2.24) is 9.80 Å². The van der Waals surface area contributed by atoms with Gasteiger partial charge in [0.1, 0.15) is 0 Å². The van der Waals surface area contributed by atoms with E-state index in [-0.39, 0.29) is 0 Å². The quantitative estimate of drug-likeness (QED) is 0.143. The van der Waals surface area contributed by atoms with Crippen molar-refractivity contribution in [1.29, 1.82) is 0 Å². The molecule has 2 aliphatic heterocycles. The maximum absolute atomic E-state index is 2.96. The highest BCUT2D eigenvalue weighted by Gasteiger charge is 2.38. The Balaban J connectivity index is 1.77. The van der Waals surface area contributed by atoms with Crippen LogP contribution < -0.4 is 0 Å². The average Bonchev–Trinajstić information content (AvgIpc) is 2.90. The van der Waals surface area contributed by atoms with Crippen molar-refractivity contribution in [3.63, 3.8) is 0 Å². The molecule has 0 saturated carbocycles. The monoisotopic (exact) mass is 505 g/mol. The van der Waals surface area contributed by atoms with Crippen LogP contribution in [0.15, 0.2) is 0 Å². The third kappa shape index (κ3) is 12.6. The minimum absolute atomic E-state index is 0.683. The first kappa shape index (κ1) is 32.1. The summed E-state index contributed by atoms with van der Waals surface area (Å²) >= 11 is 0. The molecule has 2 fully saturated rings. The highest BCUT2D eigenvalue weighted by atomic mass is 15.2. The summed E-state index contributed by atoms with van der Waals surface area (Å²) in [6, 6.07) is 0.878. The maximum atomic E-state index is 2.96. The van der Waals surface area contributed by atoms with E-state index in [0.29, 0.717) is 5.41 Å². The van der Waals surface area contributed by atoms with Crippen molar-refractivity contribution in [2.45, 2.75) is 175 Å². The number of unbranched alkanes of at least 4 members (excludes halogenated alkanes) is 10. The molecule has 0 N–H and O–H groups in total. The Labute approximate surface area is 228 Å². The first-order valence-electron chi connectivity index (χ1n) is 17.1. The summed E-state index contributed by atoms with van der Waals surface area (Å²) in [6.07, 6.45) is 31.7. The van der Waals surface area contributed by atoms with Gasteiger partial charge in [0.25, 0.3) is 0 Å². The summed E-state index contributed by atoms with van der Waals surface area (Å²) in [5.74, 6) is 0.955. The van der Waals surface area contributed by atoms with E-state index in [1.807, 2.05) is 0 Å². The van der Waals surface area contributed by atoms with Gasteiger partial charge in [-0.3, -0.25) is 0 Å². The van der Waals surface area contributed by atoms with Crippen molar-refractivity contribution < 1.29 is 0 Å². The van der Waals surface area contributed by atoms with Crippen LogP contribution in [0, 0.1) is 11.3 Å². The smallest absolute Gasteiger partial charge is 0.00952 e. The zero-order valence-electron chi connectivity index (χ0n) is 25.6. The van der Waals surface area contributed by atoms with Crippen LogP contribution in [0.5, 0.6) is 0 Å². The SMILES string of the molecule is CCCCCCCC(CCCCCCC)N1CCC2(CCN(CC(CCCC)CCCC)CC2)CC1. The second-order valence-electron chi connectivity index (χ2n) is 13.0. The molecule has 0 unspecified atom stereocenters. The van der Waals surface area contributed by atoms with E-state index in [9.17, 15) is 0 Å².